The van der Waals surface area contributed by atoms with Crippen molar-refractivity contribution in [1.82, 2.24) is 0 Å². The molecule has 1 amide bonds. The topological polar surface area (TPSA) is 66.5 Å². The van der Waals surface area contributed by atoms with E-state index in [0.29, 0.717) is 24.3 Å². The summed E-state index contributed by atoms with van der Waals surface area (Å²) in [7, 11) is -3.65. The van der Waals surface area contributed by atoms with Gasteiger partial charge in [-0.25, -0.2) is 8.42 Å². The molecule has 22 heavy (non-hydrogen) atoms. The summed E-state index contributed by atoms with van der Waals surface area (Å²) in [6.45, 7) is 2.05. The van der Waals surface area contributed by atoms with Gasteiger partial charge in [0.25, 0.3) is 10.0 Å². The lowest BCUT2D eigenvalue weighted by Gasteiger charge is -2.19. The van der Waals surface area contributed by atoms with Crippen molar-refractivity contribution in [2.75, 3.05) is 16.2 Å². The Bertz CT molecular complexity index is 832. The molecule has 1 aromatic carbocycles. The van der Waals surface area contributed by atoms with Gasteiger partial charge in [-0.2, -0.15) is 0 Å². The molecule has 1 aliphatic rings. The number of anilines is 2. The summed E-state index contributed by atoms with van der Waals surface area (Å²) < 4.78 is 28.5. The zero-order valence-electron chi connectivity index (χ0n) is 11.7. The quantitative estimate of drug-likeness (QED) is 0.859. The number of thiophene rings is 1. The lowest BCUT2D eigenvalue weighted by Crippen LogP contribution is -2.27. The van der Waals surface area contributed by atoms with E-state index in [1.807, 2.05) is 6.07 Å². The van der Waals surface area contributed by atoms with Gasteiger partial charge in [0.15, 0.2) is 0 Å². The minimum Gasteiger partial charge on any atom is -0.310 e. The first kappa shape index (κ1) is 15.5. The SMILES string of the molecule is CC(=O)N1CCc2cc(Br)cc(NS(=O)(=O)c3cccs3)c21. The molecule has 5 nitrogen and oxygen atoms in total. The van der Waals surface area contributed by atoms with Crippen LogP contribution in [0.1, 0.15) is 12.5 Å². The van der Waals surface area contributed by atoms with Crippen LogP contribution in [0.2, 0.25) is 0 Å². The predicted molar refractivity (Wildman–Crippen MR) is 91.0 cm³/mol. The molecule has 1 N–H and O–H groups in total. The number of nitrogens with zero attached hydrogens (tertiary/aromatic N) is 1. The van der Waals surface area contributed by atoms with Crippen molar-refractivity contribution in [3.63, 3.8) is 0 Å². The number of amides is 1. The zero-order valence-corrected chi connectivity index (χ0v) is 14.9. The van der Waals surface area contributed by atoms with Crippen molar-refractivity contribution in [1.29, 1.82) is 0 Å². The molecule has 116 valence electrons. The summed E-state index contributed by atoms with van der Waals surface area (Å²) in [5.41, 5.74) is 2.02. The molecule has 0 saturated heterocycles. The van der Waals surface area contributed by atoms with Crippen LogP contribution < -0.4 is 9.62 Å². The Morgan fingerprint density at radius 2 is 2.18 bits per heavy atom. The molecule has 0 atom stereocenters. The highest BCUT2D eigenvalue weighted by Crippen LogP contribution is 2.39. The second-order valence-electron chi connectivity index (χ2n) is 4.92. The third-order valence-electron chi connectivity index (χ3n) is 3.41. The first-order valence-corrected chi connectivity index (χ1v) is 9.71. The van der Waals surface area contributed by atoms with Crippen LogP contribution in [-0.2, 0) is 21.2 Å². The lowest BCUT2D eigenvalue weighted by atomic mass is 10.1. The fourth-order valence-electron chi connectivity index (χ4n) is 2.51. The first-order chi connectivity index (χ1) is 10.4. The molecular weight excluding hydrogens is 388 g/mol. The highest BCUT2D eigenvalue weighted by atomic mass is 79.9. The molecule has 2 aromatic rings. The summed E-state index contributed by atoms with van der Waals surface area (Å²) in [6.07, 6.45) is 0.710. The summed E-state index contributed by atoms with van der Waals surface area (Å²) in [6, 6.07) is 6.84. The van der Waals surface area contributed by atoms with E-state index in [2.05, 4.69) is 20.7 Å². The van der Waals surface area contributed by atoms with E-state index in [9.17, 15) is 13.2 Å². The van der Waals surface area contributed by atoms with Gasteiger partial charge in [-0.15, -0.1) is 11.3 Å². The Morgan fingerprint density at radius 3 is 2.82 bits per heavy atom. The maximum Gasteiger partial charge on any atom is 0.271 e. The molecule has 0 aliphatic carbocycles. The number of fused-ring (bicyclic) bond motifs is 1. The second kappa shape index (κ2) is 5.68. The Labute approximate surface area is 141 Å². The van der Waals surface area contributed by atoms with Gasteiger partial charge in [-0.1, -0.05) is 22.0 Å². The van der Waals surface area contributed by atoms with Crippen LogP contribution in [0.15, 0.2) is 38.3 Å². The average molecular weight is 401 g/mol. The molecule has 0 spiro atoms. The largest absolute Gasteiger partial charge is 0.310 e. The molecule has 1 aliphatic heterocycles. The third-order valence-corrected chi connectivity index (χ3v) is 6.63. The fraction of sp³-hybridized carbons (Fsp3) is 0.214. The summed E-state index contributed by atoms with van der Waals surface area (Å²) in [4.78, 5) is 13.4. The van der Waals surface area contributed by atoms with Gasteiger partial charge in [0, 0.05) is 17.9 Å². The summed E-state index contributed by atoms with van der Waals surface area (Å²) in [5.74, 6) is -0.0994. The Morgan fingerprint density at radius 1 is 1.41 bits per heavy atom. The lowest BCUT2D eigenvalue weighted by molar-refractivity contribution is -0.116. The number of nitrogens with one attached hydrogen (secondary N) is 1. The van der Waals surface area contributed by atoms with Crippen LogP contribution in [0, 0.1) is 0 Å². The molecule has 0 saturated carbocycles. The number of benzene rings is 1. The van der Waals surface area contributed by atoms with Gasteiger partial charge in [0.2, 0.25) is 5.91 Å². The number of hydrogen-bond donors (Lipinski definition) is 1. The minimum atomic E-state index is -3.65. The molecule has 8 heteroatoms. The number of carbonyl (C=O) groups excluding carboxylic acids is 1. The van der Waals surface area contributed by atoms with Crippen molar-refractivity contribution in [3.8, 4) is 0 Å². The van der Waals surface area contributed by atoms with Crippen LogP contribution in [-0.4, -0.2) is 20.9 Å². The smallest absolute Gasteiger partial charge is 0.271 e. The normalized spacial score (nSPS) is 14.0. The second-order valence-corrected chi connectivity index (χ2v) is 8.69. The van der Waals surface area contributed by atoms with Crippen LogP contribution in [0.5, 0.6) is 0 Å². The molecule has 3 rings (SSSR count). The van der Waals surface area contributed by atoms with Crippen LogP contribution in [0.25, 0.3) is 0 Å². The van der Waals surface area contributed by atoms with E-state index in [-0.39, 0.29) is 10.1 Å². The van der Waals surface area contributed by atoms with Gasteiger partial charge in [0.1, 0.15) is 4.21 Å². The average Bonchev–Trinajstić information content (AvgIpc) is 3.07. The number of halogens is 1. The number of carbonyl (C=O) groups is 1. The van der Waals surface area contributed by atoms with Gasteiger partial charge in [0.05, 0.1) is 11.4 Å². The van der Waals surface area contributed by atoms with Crippen LogP contribution >= 0.6 is 27.3 Å². The molecule has 0 fully saturated rings. The molecule has 2 heterocycles. The Hall–Kier alpha value is -1.38. The van der Waals surface area contributed by atoms with E-state index in [1.165, 1.54) is 6.92 Å². The van der Waals surface area contributed by atoms with E-state index < -0.39 is 10.0 Å². The predicted octanol–water partition coefficient (Wildman–Crippen LogP) is 3.22. The summed E-state index contributed by atoms with van der Waals surface area (Å²) in [5, 5.41) is 1.71. The van der Waals surface area contributed by atoms with E-state index >= 15 is 0 Å². The molecule has 1 aromatic heterocycles. The maximum atomic E-state index is 12.4. The standard InChI is InChI=1S/C14H13BrN2O3S2/c1-9(18)17-5-4-10-7-11(15)8-12(14(10)17)16-22(19,20)13-3-2-6-21-13/h2-3,6-8,16H,4-5H2,1H3. The van der Waals surface area contributed by atoms with Gasteiger partial charge >= 0.3 is 0 Å². The monoisotopic (exact) mass is 400 g/mol. The van der Waals surface area contributed by atoms with Gasteiger partial charge in [-0.3, -0.25) is 9.52 Å². The highest BCUT2D eigenvalue weighted by molar-refractivity contribution is 9.10. The highest BCUT2D eigenvalue weighted by Gasteiger charge is 2.28. The number of sulfonamides is 1. The van der Waals surface area contributed by atoms with E-state index in [0.717, 1.165) is 21.4 Å². The van der Waals surface area contributed by atoms with Crippen molar-refractivity contribution in [2.45, 2.75) is 17.6 Å². The molecule has 0 bridgehead atoms. The van der Waals surface area contributed by atoms with Crippen molar-refractivity contribution in [3.05, 3.63) is 39.7 Å². The van der Waals surface area contributed by atoms with E-state index in [4.69, 9.17) is 0 Å². The minimum absolute atomic E-state index is 0.0994. The Balaban J connectivity index is 2.07. The Kier molecular flexibility index (Phi) is 4.00. The zero-order chi connectivity index (χ0) is 15.9. The molecular formula is C14H13BrN2O3S2. The van der Waals surface area contributed by atoms with Gasteiger partial charge < -0.3 is 4.90 Å². The fourth-order valence-corrected chi connectivity index (χ4v) is 5.07. The van der Waals surface area contributed by atoms with E-state index in [1.54, 1.807) is 28.5 Å². The molecule has 0 radical (unpaired) electrons. The van der Waals surface area contributed by atoms with Crippen molar-refractivity contribution in [2.24, 2.45) is 0 Å². The third kappa shape index (κ3) is 2.78. The number of hydrogen-bond acceptors (Lipinski definition) is 4. The summed E-state index contributed by atoms with van der Waals surface area (Å²) >= 11 is 4.54. The first-order valence-electron chi connectivity index (χ1n) is 6.55. The maximum absolute atomic E-state index is 12.4. The van der Waals surface area contributed by atoms with Gasteiger partial charge in [-0.05, 0) is 35.6 Å². The van der Waals surface area contributed by atoms with Crippen LogP contribution in [0.4, 0.5) is 11.4 Å². The van der Waals surface area contributed by atoms with Crippen molar-refractivity contribution >= 4 is 54.6 Å². The van der Waals surface area contributed by atoms with Crippen LogP contribution in [0.3, 0.4) is 0 Å². The number of rotatable bonds is 3. The molecule has 0 unspecified atom stereocenters. The van der Waals surface area contributed by atoms with Crippen molar-refractivity contribution < 1.29 is 13.2 Å².